The lowest BCUT2D eigenvalue weighted by atomic mass is 10.3. The molecule has 1 aliphatic heterocycles. The van der Waals surface area contributed by atoms with Crippen LogP contribution in [0, 0.1) is 11.3 Å². The van der Waals surface area contributed by atoms with Gasteiger partial charge >= 0.3 is 6.03 Å². The van der Waals surface area contributed by atoms with Crippen LogP contribution in [0.3, 0.4) is 0 Å². The number of urea groups is 1. The monoisotopic (exact) mass is 332 g/mol. The van der Waals surface area contributed by atoms with E-state index in [1.54, 1.807) is 12.3 Å². The fourth-order valence-corrected chi connectivity index (χ4v) is 3.32. The molecule has 0 bridgehead atoms. The molecule has 1 saturated heterocycles. The maximum atomic E-state index is 11.7. The van der Waals surface area contributed by atoms with E-state index in [4.69, 9.17) is 10.00 Å². The van der Waals surface area contributed by atoms with E-state index < -0.39 is 6.10 Å². The first-order valence-corrected chi connectivity index (χ1v) is 8.09. The topological polar surface area (TPSA) is 103 Å². The molecular formula is C14H16N6O2S. The van der Waals surface area contributed by atoms with Gasteiger partial charge in [-0.3, -0.25) is 5.32 Å². The Bertz CT molecular complexity index is 755. The number of aromatic nitrogens is 2. The number of carbonyl (C=O) groups excluding carboxylic acids is 1. The Kier molecular flexibility index (Phi) is 4.55. The van der Waals surface area contributed by atoms with Gasteiger partial charge in [0.1, 0.15) is 0 Å². The van der Waals surface area contributed by atoms with Crippen molar-refractivity contribution in [2.45, 2.75) is 13.0 Å². The SMILES string of the molecule is CCNC(=O)Nc1nccc2nc(N3CCO[C@@H](C#N)C3)sc12. The molecule has 2 aromatic rings. The van der Waals surface area contributed by atoms with Crippen LogP contribution in [-0.4, -0.2) is 48.3 Å². The van der Waals surface area contributed by atoms with Crippen molar-refractivity contribution in [3.63, 3.8) is 0 Å². The van der Waals surface area contributed by atoms with Crippen LogP contribution >= 0.6 is 11.3 Å². The zero-order valence-electron chi connectivity index (χ0n) is 12.6. The van der Waals surface area contributed by atoms with E-state index in [1.165, 1.54) is 11.3 Å². The number of pyridine rings is 1. The number of nitriles is 1. The van der Waals surface area contributed by atoms with Gasteiger partial charge in [0.25, 0.3) is 0 Å². The number of hydrogen-bond donors (Lipinski definition) is 2. The van der Waals surface area contributed by atoms with Crippen molar-refractivity contribution in [2.75, 3.05) is 36.5 Å². The molecule has 3 rings (SSSR count). The Hall–Kier alpha value is -2.44. The van der Waals surface area contributed by atoms with Crippen LogP contribution < -0.4 is 15.5 Å². The van der Waals surface area contributed by atoms with Gasteiger partial charge in [-0.25, -0.2) is 14.8 Å². The fraction of sp³-hybridized carbons (Fsp3) is 0.429. The molecule has 0 aliphatic carbocycles. The van der Waals surface area contributed by atoms with Crippen molar-refractivity contribution in [1.82, 2.24) is 15.3 Å². The third-order valence-corrected chi connectivity index (χ3v) is 4.48. The van der Waals surface area contributed by atoms with Crippen molar-refractivity contribution in [3.05, 3.63) is 12.3 Å². The Morgan fingerprint density at radius 1 is 1.65 bits per heavy atom. The second-order valence-electron chi connectivity index (χ2n) is 4.92. The number of amides is 2. The zero-order chi connectivity index (χ0) is 16.2. The van der Waals surface area contributed by atoms with Crippen molar-refractivity contribution < 1.29 is 9.53 Å². The molecule has 0 saturated carbocycles. The second-order valence-corrected chi connectivity index (χ2v) is 5.90. The first-order chi connectivity index (χ1) is 11.2. The Balaban J connectivity index is 1.87. The predicted molar refractivity (Wildman–Crippen MR) is 87.7 cm³/mol. The predicted octanol–water partition coefficient (Wildman–Crippen LogP) is 1.56. The van der Waals surface area contributed by atoms with E-state index in [1.807, 2.05) is 11.8 Å². The number of fused-ring (bicyclic) bond motifs is 1. The highest BCUT2D eigenvalue weighted by atomic mass is 32.1. The summed E-state index contributed by atoms with van der Waals surface area (Å²) in [6.45, 7) is 4.06. The fourth-order valence-electron chi connectivity index (χ4n) is 2.28. The lowest BCUT2D eigenvalue weighted by Gasteiger charge is -2.29. The summed E-state index contributed by atoms with van der Waals surface area (Å²) >= 11 is 1.45. The Morgan fingerprint density at radius 3 is 3.30 bits per heavy atom. The summed E-state index contributed by atoms with van der Waals surface area (Å²) < 4.78 is 6.17. The van der Waals surface area contributed by atoms with Gasteiger partial charge in [0.05, 0.1) is 29.4 Å². The molecule has 0 spiro atoms. The van der Waals surface area contributed by atoms with E-state index in [2.05, 4.69) is 26.7 Å². The molecule has 0 unspecified atom stereocenters. The van der Waals surface area contributed by atoms with Crippen LogP contribution in [0.15, 0.2) is 12.3 Å². The maximum Gasteiger partial charge on any atom is 0.320 e. The third-order valence-electron chi connectivity index (χ3n) is 3.34. The highest BCUT2D eigenvalue weighted by Gasteiger charge is 2.23. The van der Waals surface area contributed by atoms with E-state index in [0.29, 0.717) is 32.1 Å². The number of hydrogen-bond acceptors (Lipinski definition) is 7. The second kappa shape index (κ2) is 6.76. The molecule has 0 radical (unpaired) electrons. The molecule has 9 heteroatoms. The van der Waals surface area contributed by atoms with Crippen molar-refractivity contribution in [3.8, 4) is 6.07 Å². The Morgan fingerprint density at radius 2 is 2.52 bits per heavy atom. The van der Waals surface area contributed by atoms with Gasteiger partial charge in [0.2, 0.25) is 0 Å². The first-order valence-electron chi connectivity index (χ1n) is 7.28. The van der Waals surface area contributed by atoms with Crippen LogP contribution in [0.4, 0.5) is 15.7 Å². The summed E-state index contributed by atoms with van der Waals surface area (Å²) in [6.07, 6.45) is 1.17. The number of nitrogens with zero attached hydrogens (tertiary/aromatic N) is 4. The van der Waals surface area contributed by atoms with Crippen molar-refractivity contribution in [2.24, 2.45) is 0 Å². The van der Waals surface area contributed by atoms with E-state index in [9.17, 15) is 4.79 Å². The number of morpholine rings is 1. The number of anilines is 2. The molecule has 120 valence electrons. The molecule has 23 heavy (non-hydrogen) atoms. The molecule has 1 aliphatic rings. The van der Waals surface area contributed by atoms with Crippen LogP contribution in [0.5, 0.6) is 0 Å². The van der Waals surface area contributed by atoms with Crippen LogP contribution in [0.2, 0.25) is 0 Å². The number of nitrogens with one attached hydrogen (secondary N) is 2. The summed E-state index contributed by atoms with van der Waals surface area (Å²) in [4.78, 5) is 22.5. The Labute approximate surface area is 137 Å². The minimum absolute atomic E-state index is 0.293. The average Bonchev–Trinajstić information content (AvgIpc) is 3.00. The summed E-state index contributed by atoms with van der Waals surface area (Å²) in [7, 11) is 0. The maximum absolute atomic E-state index is 11.7. The average molecular weight is 332 g/mol. The molecule has 2 amide bonds. The zero-order valence-corrected chi connectivity index (χ0v) is 13.4. The van der Waals surface area contributed by atoms with Crippen LogP contribution in [0.1, 0.15) is 6.92 Å². The molecule has 8 nitrogen and oxygen atoms in total. The molecule has 1 fully saturated rings. The van der Waals surface area contributed by atoms with Gasteiger partial charge in [-0.05, 0) is 13.0 Å². The van der Waals surface area contributed by atoms with Gasteiger partial charge < -0.3 is 15.0 Å². The van der Waals surface area contributed by atoms with E-state index in [0.717, 1.165) is 15.3 Å². The largest absolute Gasteiger partial charge is 0.360 e. The van der Waals surface area contributed by atoms with Crippen molar-refractivity contribution in [1.29, 1.82) is 5.26 Å². The molecular weight excluding hydrogens is 316 g/mol. The normalized spacial score (nSPS) is 17.7. The number of rotatable bonds is 3. The highest BCUT2D eigenvalue weighted by Crippen LogP contribution is 2.33. The lowest BCUT2D eigenvalue weighted by Crippen LogP contribution is -2.41. The minimum atomic E-state index is -0.443. The van der Waals surface area contributed by atoms with Crippen LogP contribution in [-0.2, 0) is 4.74 Å². The number of carbonyl (C=O) groups is 1. The quantitative estimate of drug-likeness (QED) is 0.884. The summed E-state index contributed by atoms with van der Waals surface area (Å²) in [5.41, 5.74) is 0.770. The van der Waals surface area contributed by atoms with E-state index >= 15 is 0 Å². The van der Waals surface area contributed by atoms with Gasteiger partial charge in [0.15, 0.2) is 17.1 Å². The summed E-state index contributed by atoms with van der Waals surface area (Å²) in [6, 6.07) is 3.64. The minimum Gasteiger partial charge on any atom is -0.360 e. The molecule has 1 atom stereocenters. The highest BCUT2D eigenvalue weighted by molar-refractivity contribution is 7.22. The molecule has 2 N–H and O–H groups in total. The molecule has 0 aromatic carbocycles. The standard InChI is InChI=1S/C14H16N6O2S/c1-2-16-13(21)19-12-11-10(3-4-17-12)18-14(23-11)20-5-6-22-9(7-15)8-20/h3-4,9H,2,5-6,8H2,1H3,(H2,16,17,19,21)/t9-/m0/s1. The smallest absolute Gasteiger partial charge is 0.320 e. The molecule has 2 aromatic heterocycles. The first kappa shape index (κ1) is 15.5. The van der Waals surface area contributed by atoms with Gasteiger partial charge in [0, 0.05) is 19.3 Å². The number of ether oxygens (including phenoxy) is 1. The van der Waals surface area contributed by atoms with Gasteiger partial charge in [-0.1, -0.05) is 11.3 Å². The lowest BCUT2D eigenvalue weighted by molar-refractivity contribution is 0.0764. The van der Waals surface area contributed by atoms with Crippen molar-refractivity contribution >= 4 is 38.5 Å². The van der Waals surface area contributed by atoms with Gasteiger partial charge in [-0.15, -0.1) is 0 Å². The third kappa shape index (κ3) is 3.33. The number of thiazole rings is 1. The van der Waals surface area contributed by atoms with Crippen LogP contribution in [0.25, 0.3) is 10.2 Å². The van der Waals surface area contributed by atoms with E-state index in [-0.39, 0.29) is 6.03 Å². The summed E-state index contributed by atoms with van der Waals surface area (Å²) in [5.74, 6) is 0.488. The molecule has 3 heterocycles. The van der Waals surface area contributed by atoms with Gasteiger partial charge in [-0.2, -0.15) is 5.26 Å². The summed E-state index contributed by atoms with van der Waals surface area (Å²) in [5, 5.41) is 15.2.